The Kier molecular flexibility index (Phi) is 5.70. The molecule has 144 valence electrons. The molecule has 0 bridgehead atoms. The Labute approximate surface area is 165 Å². The summed E-state index contributed by atoms with van der Waals surface area (Å²) in [6.07, 6.45) is 3.52. The molecular weight excluding hydrogens is 380 g/mol. The Morgan fingerprint density at radius 1 is 0.857 bits per heavy atom. The summed E-state index contributed by atoms with van der Waals surface area (Å²) in [5.74, 6) is -1.65. The molecule has 0 radical (unpaired) electrons. The van der Waals surface area contributed by atoms with Crippen molar-refractivity contribution < 1.29 is 19.8 Å². The maximum atomic E-state index is 10.6. The van der Waals surface area contributed by atoms with Gasteiger partial charge in [-0.05, 0) is 41.8 Å². The van der Waals surface area contributed by atoms with Crippen molar-refractivity contribution in [1.29, 1.82) is 0 Å². The molecule has 7 heteroatoms. The Bertz CT molecular complexity index is 1070. The summed E-state index contributed by atoms with van der Waals surface area (Å²) in [6, 6.07) is 11.3. The van der Waals surface area contributed by atoms with Crippen LogP contribution in [0, 0.1) is 6.92 Å². The van der Waals surface area contributed by atoms with Crippen molar-refractivity contribution in [3.8, 4) is 0 Å². The van der Waals surface area contributed by atoms with Gasteiger partial charge < -0.3 is 20.2 Å². The van der Waals surface area contributed by atoms with E-state index in [0.717, 1.165) is 38.5 Å². The molecule has 4 N–H and O–H groups in total. The minimum atomic E-state index is -0.856. The quantitative estimate of drug-likeness (QED) is 0.404. The molecule has 4 rings (SSSR count). The number of aromatic nitrogens is 2. The van der Waals surface area contributed by atoms with Gasteiger partial charge in [-0.1, -0.05) is 29.8 Å². The van der Waals surface area contributed by atoms with E-state index in [1.54, 1.807) is 18.5 Å². The predicted molar refractivity (Wildman–Crippen MR) is 109 cm³/mol. The van der Waals surface area contributed by atoms with Crippen LogP contribution in [0.4, 0.5) is 0 Å². The summed E-state index contributed by atoms with van der Waals surface area (Å²) in [5.41, 5.74) is 4.55. The third-order valence-electron chi connectivity index (χ3n) is 4.42. The number of carbonyl (C=O) groups is 2. The van der Waals surface area contributed by atoms with Crippen LogP contribution in [0.5, 0.6) is 0 Å². The highest BCUT2D eigenvalue weighted by atomic mass is 35.5. The molecule has 28 heavy (non-hydrogen) atoms. The fraction of sp³-hybridized carbons (Fsp3) is 0.143. The number of aromatic amines is 2. The number of hydrogen-bond donors (Lipinski definition) is 4. The van der Waals surface area contributed by atoms with Crippen LogP contribution in [0.15, 0.2) is 48.8 Å². The third-order valence-corrected chi connectivity index (χ3v) is 4.73. The molecule has 0 aliphatic carbocycles. The SMILES string of the molecule is Cc1cccc2[nH]cc(CC(=O)O)c12.O=C(O)Cc1c[nH]c2cccc(Cl)c12. The van der Waals surface area contributed by atoms with Gasteiger partial charge in [0, 0.05) is 34.2 Å². The highest BCUT2D eigenvalue weighted by Gasteiger charge is 2.10. The van der Waals surface area contributed by atoms with E-state index >= 15 is 0 Å². The first-order valence-electron chi connectivity index (χ1n) is 8.60. The summed E-state index contributed by atoms with van der Waals surface area (Å²) in [4.78, 5) is 27.2. The molecule has 0 atom stereocenters. The van der Waals surface area contributed by atoms with Crippen molar-refractivity contribution in [1.82, 2.24) is 9.97 Å². The number of hydrogen-bond acceptors (Lipinski definition) is 2. The van der Waals surface area contributed by atoms with E-state index in [2.05, 4.69) is 9.97 Å². The van der Waals surface area contributed by atoms with Crippen LogP contribution in [0.3, 0.4) is 0 Å². The van der Waals surface area contributed by atoms with Crippen LogP contribution in [0.25, 0.3) is 21.8 Å². The summed E-state index contributed by atoms with van der Waals surface area (Å²) in [6.45, 7) is 1.99. The monoisotopic (exact) mass is 398 g/mol. The van der Waals surface area contributed by atoms with Gasteiger partial charge in [0.1, 0.15) is 0 Å². The Morgan fingerprint density at radius 3 is 1.93 bits per heavy atom. The molecule has 0 saturated heterocycles. The van der Waals surface area contributed by atoms with Crippen molar-refractivity contribution in [2.45, 2.75) is 19.8 Å². The molecule has 0 fully saturated rings. The summed E-state index contributed by atoms with van der Waals surface area (Å²) >= 11 is 5.97. The molecule has 2 aromatic heterocycles. The fourth-order valence-corrected chi connectivity index (χ4v) is 3.56. The molecular formula is C21H19ClN2O4. The number of carboxylic acid groups (broad SMARTS) is 2. The van der Waals surface area contributed by atoms with Crippen molar-refractivity contribution >= 4 is 45.3 Å². The first-order valence-corrected chi connectivity index (χ1v) is 8.98. The van der Waals surface area contributed by atoms with Gasteiger partial charge in [-0.25, -0.2) is 0 Å². The number of fused-ring (bicyclic) bond motifs is 2. The predicted octanol–water partition coefficient (Wildman–Crippen LogP) is 4.55. The Hall–Kier alpha value is -3.25. The molecule has 0 aliphatic heterocycles. The van der Waals surface area contributed by atoms with E-state index in [4.69, 9.17) is 21.8 Å². The van der Waals surface area contributed by atoms with E-state index in [0.29, 0.717) is 5.02 Å². The maximum absolute atomic E-state index is 10.6. The largest absolute Gasteiger partial charge is 0.481 e. The number of nitrogens with one attached hydrogen (secondary N) is 2. The number of halogens is 1. The van der Waals surface area contributed by atoms with E-state index in [1.807, 2.05) is 37.3 Å². The molecule has 2 heterocycles. The smallest absolute Gasteiger partial charge is 0.307 e. The highest BCUT2D eigenvalue weighted by Crippen LogP contribution is 2.26. The highest BCUT2D eigenvalue weighted by molar-refractivity contribution is 6.35. The van der Waals surface area contributed by atoms with Gasteiger partial charge in [0.15, 0.2) is 0 Å². The summed E-state index contributed by atoms with van der Waals surface area (Å²) in [5, 5.41) is 19.8. The molecule has 0 spiro atoms. The normalized spacial score (nSPS) is 10.6. The second kappa shape index (κ2) is 8.19. The minimum absolute atomic E-state index is 0.0102. The zero-order chi connectivity index (χ0) is 20.3. The van der Waals surface area contributed by atoms with Crippen LogP contribution < -0.4 is 0 Å². The lowest BCUT2D eigenvalue weighted by molar-refractivity contribution is -0.137. The molecule has 0 unspecified atom stereocenters. The Balaban J connectivity index is 0.000000161. The summed E-state index contributed by atoms with van der Waals surface area (Å²) < 4.78 is 0. The topological polar surface area (TPSA) is 106 Å². The molecule has 0 saturated carbocycles. The third kappa shape index (κ3) is 4.18. The number of rotatable bonds is 4. The van der Waals surface area contributed by atoms with Crippen molar-refractivity contribution in [2.24, 2.45) is 0 Å². The lowest BCUT2D eigenvalue weighted by Gasteiger charge is -1.98. The van der Waals surface area contributed by atoms with Gasteiger partial charge in [0.2, 0.25) is 0 Å². The molecule has 6 nitrogen and oxygen atoms in total. The lowest BCUT2D eigenvalue weighted by atomic mass is 10.1. The second-order valence-corrected chi connectivity index (χ2v) is 6.84. The van der Waals surface area contributed by atoms with E-state index < -0.39 is 11.9 Å². The first kappa shape index (κ1) is 19.5. The number of aryl methyl sites for hydroxylation is 1. The molecule has 2 aromatic carbocycles. The van der Waals surface area contributed by atoms with Crippen molar-refractivity contribution in [3.05, 3.63) is 70.5 Å². The summed E-state index contributed by atoms with van der Waals surface area (Å²) in [7, 11) is 0. The molecule has 4 aromatic rings. The van der Waals surface area contributed by atoms with Gasteiger partial charge in [-0.15, -0.1) is 0 Å². The van der Waals surface area contributed by atoms with Gasteiger partial charge in [-0.3, -0.25) is 9.59 Å². The molecule has 0 amide bonds. The van der Waals surface area contributed by atoms with Crippen molar-refractivity contribution in [3.63, 3.8) is 0 Å². The standard InChI is InChI=1S/C11H11NO2.C10H8ClNO2/c1-7-3-2-4-9-11(7)8(6-12-9)5-10(13)14;11-7-2-1-3-8-10(7)6(5-12-8)4-9(13)14/h2-4,6,12H,5H2,1H3,(H,13,14);1-3,5,12H,4H2,(H,13,14). The van der Waals surface area contributed by atoms with Crippen LogP contribution in [-0.2, 0) is 22.4 Å². The first-order chi connectivity index (χ1) is 13.4. The van der Waals surface area contributed by atoms with Crippen LogP contribution in [-0.4, -0.2) is 32.1 Å². The van der Waals surface area contributed by atoms with Gasteiger partial charge in [0.25, 0.3) is 0 Å². The Morgan fingerprint density at radius 2 is 1.36 bits per heavy atom. The van der Waals surface area contributed by atoms with E-state index in [-0.39, 0.29) is 12.8 Å². The van der Waals surface area contributed by atoms with Crippen molar-refractivity contribution in [2.75, 3.05) is 0 Å². The van der Waals surface area contributed by atoms with E-state index in [9.17, 15) is 9.59 Å². The number of aliphatic carboxylic acids is 2. The second-order valence-electron chi connectivity index (χ2n) is 6.43. The lowest BCUT2D eigenvalue weighted by Crippen LogP contribution is -1.99. The average molecular weight is 399 g/mol. The maximum Gasteiger partial charge on any atom is 0.307 e. The minimum Gasteiger partial charge on any atom is -0.481 e. The van der Waals surface area contributed by atoms with Gasteiger partial charge in [0.05, 0.1) is 17.9 Å². The van der Waals surface area contributed by atoms with Crippen LogP contribution >= 0.6 is 11.6 Å². The number of carboxylic acids is 2. The fourth-order valence-electron chi connectivity index (χ4n) is 3.26. The number of H-pyrrole nitrogens is 2. The van der Waals surface area contributed by atoms with Gasteiger partial charge in [-0.2, -0.15) is 0 Å². The molecule has 0 aliphatic rings. The van der Waals surface area contributed by atoms with Crippen LogP contribution in [0.2, 0.25) is 5.02 Å². The zero-order valence-electron chi connectivity index (χ0n) is 15.1. The number of benzene rings is 2. The van der Waals surface area contributed by atoms with E-state index in [1.165, 1.54) is 0 Å². The van der Waals surface area contributed by atoms with Crippen LogP contribution in [0.1, 0.15) is 16.7 Å². The average Bonchev–Trinajstić information content (AvgIpc) is 3.21. The zero-order valence-corrected chi connectivity index (χ0v) is 15.9. The van der Waals surface area contributed by atoms with Gasteiger partial charge >= 0.3 is 11.9 Å².